The number of nitrogens with zero attached hydrogens (tertiary/aromatic N) is 2. The predicted molar refractivity (Wildman–Crippen MR) is 80.0 cm³/mol. The summed E-state index contributed by atoms with van der Waals surface area (Å²) in [5.74, 6) is -1.13. The van der Waals surface area contributed by atoms with Crippen LogP contribution in [0.4, 0.5) is 0 Å². The lowest BCUT2D eigenvalue weighted by Crippen LogP contribution is -2.42. The van der Waals surface area contributed by atoms with Gasteiger partial charge in [0.1, 0.15) is 6.04 Å². The van der Waals surface area contributed by atoms with E-state index >= 15 is 0 Å². The van der Waals surface area contributed by atoms with E-state index < -0.39 is 22.2 Å². The van der Waals surface area contributed by atoms with Gasteiger partial charge in [-0.2, -0.15) is 12.7 Å². The van der Waals surface area contributed by atoms with Crippen LogP contribution in [0.3, 0.4) is 0 Å². The van der Waals surface area contributed by atoms with Gasteiger partial charge in [-0.05, 0) is 39.3 Å². The van der Waals surface area contributed by atoms with Crippen molar-refractivity contribution in [3.63, 3.8) is 0 Å². The number of carbonyl (C=O) groups is 1. The molecule has 0 aromatic carbocycles. The molecule has 0 aromatic heterocycles. The largest absolute Gasteiger partial charge is 0.480 e. The fourth-order valence-corrected chi connectivity index (χ4v) is 3.31. The lowest BCUT2D eigenvalue weighted by atomic mass is 10.1. The number of aliphatic carboxylic acids is 1. The Bertz CT molecular complexity index is 443. The standard InChI is InChI=1S/C12H26N4O4S/c1-15-8-3-4-10(15)6-9-16(2)21(19,20)14-7-5-11(13)12(17)18/h10-11,14H,3-9,13H2,1-2H3,(H,17,18)/t10?,11-/m0/s1. The monoisotopic (exact) mass is 322 g/mol. The predicted octanol–water partition coefficient (Wildman–Crippen LogP) is -0.961. The fourth-order valence-electron chi connectivity index (χ4n) is 2.37. The van der Waals surface area contributed by atoms with E-state index in [1.165, 1.54) is 11.4 Å². The number of carboxylic acid groups (broad SMARTS) is 1. The highest BCUT2D eigenvalue weighted by Gasteiger charge is 2.24. The molecular formula is C12H26N4O4S. The van der Waals surface area contributed by atoms with Crippen molar-refractivity contribution in [1.82, 2.24) is 13.9 Å². The third kappa shape index (κ3) is 5.87. The first-order valence-corrected chi connectivity index (χ1v) is 8.57. The van der Waals surface area contributed by atoms with Crippen LogP contribution in [0.1, 0.15) is 25.7 Å². The molecule has 2 atom stereocenters. The van der Waals surface area contributed by atoms with Crippen LogP contribution in [0.15, 0.2) is 0 Å². The van der Waals surface area contributed by atoms with E-state index in [0.717, 1.165) is 25.8 Å². The van der Waals surface area contributed by atoms with Crippen molar-refractivity contribution in [1.29, 1.82) is 0 Å². The van der Waals surface area contributed by atoms with E-state index in [4.69, 9.17) is 10.8 Å². The molecule has 1 aliphatic heterocycles. The smallest absolute Gasteiger partial charge is 0.320 e. The number of hydrogen-bond acceptors (Lipinski definition) is 5. The third-order valence-corrected chi connectivity index (χ3v) is 5.49. The summed E-state index contributed by atoms with van der Waals surface area (Å²) in [5, 5.41) is 8.63. The van der Waals surface area contributed by atoms with Crippen LogP contribution in [0.25, 0.3) is 0 Å². The molecule has 0 aliphatic carbocycles. The molecule has 0 saturated carbocycles. The van der Waals surface area contributed by atoms with Crippen molar-refractivity contribution in [3.05, 3.63) is 0 Å². The van der Waals surface area contributed by atoms with Gasteiger partial charge in [0, 0.05) is 26.2 Å². The van der Waals surface area contributed by atoms with Crippen LogP contribution >= 0.6 is 0 Å². The highest BCUT2D eigenvalue weighted by molar-refractivity contribution is 7.87. The van der Waals surface area contributed by atoms with Gasteiger partial charge in [0.15, 0.2) is 0 Å². The summed E-state index contributed by atoms with van der Waals surface area (Å²) in [6.45, 7) is 1.52. The van der Waals surface area contributed by atoms with E-state index in [0.29, 0.717) is 12.6 Å². The molecule has 0 radical (unpaired) electrons. The summed E-state index contributed by atoms with van der Waals surface area (Å²) >= 11 is 0. The van der Waals surface area contributed by atoms with Gasteiger partial charge >= 0.3 is 5.97 Å². The number of carboxylic acids is 1. The highest BCUT2D eigenvalue weighted by atomic mass is 32.2. The average molecular weight is 322 g/mol. The van der Waals surface area contributed by atoms with E-state index in [9.17, 15) is 13.2 Å². The van der Waals surface area contributed by atoms with Crippen molar-refractivity contribution in [2.24, 2.45) is 5.73 Å². The first-order valence-electron chi connectivity index (χ1n) is 7.13. The average Bonchev–Trinajstić information content (AvgIpc) is 2.80. The normalized spacial score (nSPS) is 21.8. The van der Waals surface area contributed by atoms with Crippen molar-refractivity contribution >= 4 is 16.2 Å². The van der Waals surface area contributed by atoms with Crippen LogP contribution in [0.5, 0.6) is 0 Å². The summed E-state index contributed by atoms with van der Waals surface area (Å²) in [7, 11) is 0.00101. The first kappa shape index (κ1) is 18.3. The number of hydrogen-bond donors (Lipinski definition) is 3. The molecular weight excluding hydrogens is 296 g/mol. The lowest BCUT2D eigenvalue weighted by molar-refractivity contribution is -0.138. The Morgan fingerprint density at radius 3 is 2.76 bits per heavy atom. The maximum absolute atomic E-state index is 12.0. The number of nitrogens with one attached hydrogen (secondary N) is 1. The molecule has 0 bridgehead atoms. The third-order valence-electron chi connectivity index (χ3n) is 3.92. The molecule has 1 fully saturated rings. The second-order valence-corrected chi connectivity index (χ2v) is 7.38. The molecule has 0 aromatic rings. The lowest BCUT2D eigenvalue weighted by Gasteiger charge is -2.23. The van der Waals surface area contributed by atoms with Gasteiger partial charge < -0.3 is 15.7 Å². The fraction of sp³-hybridized carbons (Fsp3) is 0.917. The van der Waals surface area contributed by atoms with E-state index in [1.54, 1.807) is 0 Å². The number of nitrogens with two attached hydrogens (primary N) is 1. The minimum absolute atomic E-state index is 0.0173. The van der Waals surface area contributed by atoms with Crippen LogP contribution in [0.2, 0.25) is 0 Å². The van der Waals surface area contributed by atoms with Crippen LogP contribution in [-0.2, 0) is 15.0 Å². The quantitative estimate of drug-likeness (QED) is 0.503. The van der Waals surface area contributed by atoms with Gasteiger partial charge in [-0.15, -0.1) is 0 Å². The molecule has 8 nitrogen and oxygen atoms in total. The first-order chi connectivity index (χ1) is 9.74. The molecule has 9 heteroatoms. The summed E-state index contributed by atoms with van der Waals surface area (Å²) < 4.78 is 27.6. The maximum Gasteiger partial charge on any atom is 0.320 e. The molecule has 21 heavy (non-hydrogen) atoms. The van der Waals surface area contributed by atoms with Gasteiger partial charge in [-0.1, -0.05) is 0 Å². The Morgan fingerprint density at radius 1 is 1.57 bits per heavy atom. The Kier molecular flexibility index (Phi) is 7.01. The SMILES string of the molecule is CN1CCCC1CCN(C)S(=O)(=O)NCC[C@H](N)C(=O)O. The molecule has 124 valence electrons. The second-order valence-electron chi connectivity index (χ2n) is 5.52. The van der Waals surface area contributed by atoms with Gasteiger partial charge in [0.05, 0.1) is 0 Å². The van der Waals surface area contributed by atoms with E-state index in [1.807, 2.05) is 0 Å². The van der Waals surface area contributed by atoms with Crippen molar-refractivity contribution in [2.75, 3.05) is 33.7 Å². The number of rotatable bonds is 9. The van der Waals surface area contributed by atoms with Crippen LogP contribution in [0, 0.1) is 0 Å². The van der Waals surface area contributed by atoms with E-state index in [2.05, 4.69) is 16.7 Å². The molecule has 1 aliphatic rings. The van der Waals surface area contributed by atoms with Crippen molar-refractivity contribution in [3.8, 4) is 0 Å². The molecule has 0 spiro atoms. The summed E-state index contributed by atoms with van der Waals surface area (Å²) in [4.78, 5) is 12.8. The summed E-state index contributed by atoms with van der Waals surface area (Å²) in [6, 6.07) is -0.617. The van der Waals surface area contributed by atoms with Crippen LogP contribution in [-0.4, -0.2) is 74.5 Å². The minimum atomic E-state index is -3.57. The molecule has 1 rings (SSSR count). The zero-order valence-electron chi connectivity index (χ0n) is 12.7. The van der Waals surface area contributed by atoms with Gasteiger partial charge in [-0.25, -0.2) is 4.72 Å². The Balaban J connectivity index is 2.33. The molecule has 1 unspecified atom stereocenters. The zero-order valence-corrected chi connectivity index (χ0v) is 13.5. The zero-order chi connectivity index (χ0) is 16.0. The number of likely N-dealkylation sites (tertiary alicyclic amines) is 1. The summed E-state index contributed by atoms with van der Waals surface area (Å²) in [5.41, 5.74) is 5.33. The van der Waals surface area contributed by atoms with Crippen molar-refractivity contribution < 1.29 is 18.3 Å². The minimum Gasteiger partial charge on any atom is -0.480 e. The summed E-state index contributed by atoms with van der Waals surface area (Å²) in [6.07, 6.45) is 3.12. The second kappa shape index (κ2) is 8.04. The molecule has 1 saturated heterocycles. The van der Waals surface area contributed by atoms with Gasteiger partial charge in [0.2, 0.25) is 0 Å². The maximum atomic E-state index is 12.0. The molecule has 4 N–H and O–H groups in total. The highest BCUT2D eigenvalue weighted by Crippen LogP contribution is 2.18. The Labute approximate surface area is 126 Å². The Hall–Kier alpha value is -0.740. The molecule has 1 heterocycles. The van der Waals surface area contributed by atoms with Crippen LogP contribution < -0.4 is 10.5 Å². The van der Waals surface area contributed by atoms with Gasteiger partial charge in [0.25, 0.3) is 10.2 Å². The topological polar surface area (TPSA) is 116 Å². The van der Waals surface area contributed by atoms with E-state index in [-0.39, 0.29) is 13.0 Å². The van der Waals surface area contributed by atoms with Crippen molar-refractivity contribution in [2.45, 2.75) is 37.8 Å². The van der Waals surface area contributed by atoms with Gasteiger partial charge in [-0.3, -0.25) is 4.79 Å². The Morgan fingerprint density at radius 2 is 2.24 bits per heavy atom. The molecule has 0 amide bonds.